The average molecular weight is 320 g/mol. The molecule has 2 amide bonds. The van der Waals surface area contributed by atoms with Gasteiger partial charge in [-0.25, -0.2) is 14.2 Å². The fraction of sp³-hybridized carbons (Fsp3) is 0.267. The van der Waals surface area contributed by atoms with E-state index < -0.39 is 11.8 Å². The lowest BCUT2D eigenvalue weighted by molar-refractivity contribution is 0.261. The molecule has 122 valence electrons. The van der Waals surface area contributed by atoms with Gasteiger partial charge in [-0.05, 0) is 26.0 Å². The van der Waals surface area contributed by atoms with Crippen LogP contribution < -0.4 is 20.1 Å². The Hall–Kier alpha value is -2.90. The molecule has 1 heterocycles. The maximum absolute atomic E-state index is 13.5. The first-order chi connectivity index (χ1) is 11.1. The lowest BCUT2D eigenvalue weighted by Crippen LogP contribution is -2.21. The van der Waals surface area contributed by atoms with Crippen molar-refractivity contribution in [3.8, 4) is 11.9 Å². The standard InChI is InChI=1S/C15H17FN4O3/c1-3-22-13-12(9-17-15(20-13)23-4-2)19-14(21)18-11-8-6-5-7-10(11)16/h5-9H,3-4H2,1-2H3,(H2,18,19,21). The number of rotatable bonds is 6. The lowest BCUT2D eigenvalue weighted by atomic mass is 10.3. The number of amides is 2. The van der Waals surface area contributed by atoms with Crippen molar-refractivity contribution in [2.24, 2.45) is 0 Å². The van der Waals surface area contributed by atoms with Crippen LogP contribution in [0.3, 0.4) is 0 Å². The minimum atomic E-state index is -0.635. The SMILES string of the molecule is CCOc1ncc(NC(=O)Nc2ccccc2F)c(OCC)n1. The van der Waals surface area contributed by atoms with Gasteiger partial charge in [-0.1, -0.05) is 12.1 Å². The predicted molar refractivity (Wildman–Crippen MR) is 83.4 cm³/mol. The second kappa shape index (κ2) is 7.92. The Kier molecular flexibility index (Phi) is 5.67. The van der Waals surface area contributed by atoms with Gasteiger partial charge in [0, 0.05) is 0 Å². The van der Waals surface area contributed by atoms with Gasteiger partial charge in [-0.2, -0.15) is 4.98 Å². The molecule has 8 heteroatoms. The molecule has 2 rings (SSSR count). The van der Waals surface area contributed by atoms with Crippen LogP contribution in [-0.2, 0) is 0 Å². The van der Waals surface area contributed by atoms with E-state index in [1.54, 1.807) is 19.9 Å². The lowest BCUT2D eigenvalue weighted by Gasteiger charge is -2.12. The highest BCUT2D eigenvalue weighted by Gasteiger charge is 2.13. The van der Waals surface area contributed by atoms with Crippen molar-refractivity contribution in [3.63, 3.8) is 0 Å². The van der Waals surface area contributed by atoms with Crippen LogP contribution in [-0.4, -0.2) is 29.2 Å². The van der Waals surface area contributed by atoms with Crippen molar-refractivity contribution in [1.82, 2.24) is 9.97 Å². The van der Waals surface area contributed by atoms with Gasteiger partial charge in [-0.3, -0.25) is 0 Å². The van der Waals surface area contributed by atoms with Crippen LogP contribution in [0, 0.1) is 5.82 Å². The molecular weight excluding hydrogens is 303 g/mol. The summed E-state index contributed by atoms with van der Waals surface area (Å²) in [7, 11) is 0. The van der Waals surface area contributed by atoms with E-state index in [0.29, 0.717) is 13.2 Å². The van der Waals surface area contributed by atoms with Crippen molar-refractivity contribution in [1.29, 1.82) is 0 Å². The van der Waals surface area contributed by atoms with Gasteiger partial charge in [0.15, 0.2) is 0 Å². The summed E-state index contributed by atoms with van der Waals surface area (Å²) < 4.78 is 24.1. The number of anilines is 2. The van der Waals surface area contributed by atoms with Crippen molar-refractivity contribution in [2.45, 2.75) is 13.8 Å². The van der Waals surface area contributed by atoms with Crippen LogP contribution in [0.1, 0.15) is 13.8 Å². The van der Waals surface area contributed by atoms with Crippen molar-refractivity contribution in [2.75, 3.05) is 23.8 Å². The number of carbonyl (C=O) groups is 1. The number of halogens is 1. The second-order valence-corrected chi connectivity index (χ2v) is 4.30. The molecule has 0 aliphatic rings. The fourth-order valence-corrected chi connectivity index (χ4v) is 1.72. The zero-order chi connectivity index (χ0) is 16.7. The Morgan fingerprint density at radius 3 is 2.52 bits per heavy atom. The normalized spacial score (nSPS) is 10.0. The first-order valence-electron chi connectivity index (χ1n) is 7.09. The molecule has 2 N–H and O–H groups in total. The van der Waals surface area contributed by atoms with Crippen LogP contribution in [0.25, 0.3) is 0 Å². The van der Waals surface area contributed by atoms with Crippen LogP contribution in [0.15, 0.2) is 30.5 Å². The molecule has 0 bridgehead atoms. The maximum atomic E-state index is 13.5. The van der Waals surface area contributed by atoms with Gasteiger partial charge in [0.1, 0.15) is 11.5 Å². The molecule has 1 aromatic carbocycles. The van der Waals surface area contributed by atoms with Gasteiger partial charge in [0.2, 0.25) is 5.88 Å². The van der Waals surface area contributed by atoms with E-state index in [9.17, 15) is 9.18 Å². The fourth-order valence-electron chi connectivity index (χ4n) is 1.72. The van der Waals surface area contributed by atoms with E-state index in [1.165, 1.54) is 24.4 Å². The Bertz CT molecular complexity index is 682. The second-order valence-electron chi connectivity index (χ2n) is 4.30. The van der Waals surface area contributed by atoms with Crippen molar-refractivity contribution < 1.29 is 18.7 Å². The first kappa shape index (κ1) is 16.5. The van der Waals surface area contributed by atoms with E-state index in [2.05, 4.69) is 20.6 Å². The molecule has 0 spiro atoms. The summed E-state index contributed by atoms with van der Waals surface area (Å²) in [5, 5.41) is 4.92. The van der Waals surface area contributed by atoms with Gasteiger partial charge in [-0.15, -0.1) is 0 Å². The van der Waals surface area contributed by atoms with Crippen LogP contribution in [0.4, 0.5) is 20.6 Å². The molecule has 1 aromatic heterocycles. The third kappa shape index (κ3) is 4.53. The molecule has 2 aromatic rings. The van der Waals surface area contributed by atoms with E-state index in [1.807, 2.05) is 0 Å². The minimum Gasteiger partial charge on any atom is -0.476 e. The van der Waals surface area contributed by atoms with Crippen LogP contribution >= 0.6 is 0 Å². The molecule has 7 nitrogen and oxygen atoms in total. The summed E-state index contributed by atoms with van der Waals surface area (Å²) >= 11 is 0. The van der Waals surface area contributed by atoms with E-state index in [4.69, 9.17) is 9.47 Å². The Morgan fingerprint density at radius 1 is 1.13 bits per heavy atom. The number of benzene rings is 1. The largest absolute Gasteiger partial charge is 0.476 e. The van der Waals surface area contributed by atoms with Gasteiger partial charge < -0.3 is 20.1 Å². The number of nitrogens with zero attached hydrogens (tertiary/aromatic N) is 2. The van der Waals surface area contributed by atoms with Crippen molar-refractivity contribution >= 4 is 17.4 Å². The van der Waals surface area contributed by atoms with Crippen LogP contribution in [0.5, 0.6) is 11.9 Å². The molecular formula is C15H17FN4O3. The molecule has 0 saturated heterocycles. The van der Waals surface area contributed by atoms with Crippen molar-refractivity contribution in [3.05, 3.63) is 36.3 Å². The highest BCUT2D eigenvalue weighted by molar-refractivity contribution is 6.00. The Labute approximate surface area is 132 Å². The van der Waals surface area contributed by atoms with E-state index in [-0.39, 0.29) is 23.3 Å². The number of para-hydroxylation sites is 1. The molecule has 23 heavy (non-hydrogen) atoms. The molecule has 0 saturated carbocycles. The number of hydrogen-bond acceptors (Lipinski definition) is 5. The number of nitrogens with one attached hydrogen (secondary N) is 2. The average Bonchev–Trinajstić information content (AvgIpc) is 2.53. The first-order valence-corrected chi connectivity index (χ1v) is 7.09. The highest BCUT2D eigenvalue weighted by Crippen LogP contribution is 2.23. The number of urea groups is 1. The molecule has 0 aliphatic heterocycles. The summed E-state index contributed by atoms with van der Waals surface area (Å²) in [6, 6.07) is 5.37. The number of aromatic nitrogens is 2. The zero-order valence-corrected chi connectivity index (χ0v) is 12.8. The summed E-state index contributed by atoms with van der Waals surface area (Å²) in [6.45, 7) is 4.35. The summed E-state index contributed by atoms with van der Waals surface area (Å²) in [6.07, 6.45) is 1.36. The number of carbonyl (C=O) groups excluding carboxylic acids is 1. The molecule has 0 atom stereocenters. The Morgan fingerprint density at radius 2 is 1.83 bits per heavy atom. The molecule has 0 aliphatic carbocycles. The molecule has 0 radical (unpaired) electrons. The van der Waals surface area contributed by atoms with E-state index in [0.717, 1.165) is 0 Å². The third-order valence-corrected chi connectivity index (χ3v) is 2.66. The van der Waals surface area contributed by atoms with Gasteiger partial charge in [0.05, 0.1) is 25.1 Å². The third-order valence-electron chi connectivity index (χ3n) is 2.66. The molecule has 0 unspecified atom stereocenters. The zero-order valence-electron chi connectivity index (χ0n) is 12.8. The maximum Gasteiger partial charge on any atom is 0.323 e. The van der Waals surface area contributed by atoms with Gasteiger partial charge in [0.25, 0.3) is 0 Å². The Balaban J connectivity index is 2.12. The van der Waals surface area contributed by atoms with Gasteiger partial charge >= 0.3 is 12.0 Å². The quantitative estimate of drug-likeness (QED) is 0.854. The predicted octanol–water partition coefficient (Wildman–Crippen LogP) is 3.06. The number of ether oxygens (including phenoxy) is 2. The highest BCUT2D eigenvalue weighted by atomic mass is 19.1. The smallest absolute Gasteiger partial charge is 0.323 e. The topological polar surface area (TPSA) is 85.4 Å². The monoisotopic (exact) mass is 320 g/mol. The van der Waals surface area contributed by atoms with Crippen LogP contribution in [0.2, 0.25) is 0 Å². The minimum absolute atomic E-state index is 0.0646. The summed E-state index contributed by atoms with van der Waals surface area (Å²) in [5.74, 6) is -0.356. The summed E-state index contributed by atoms with van der Waals surface area (Å²) in [5.41, 5.74) is 0.318. The van der Waals surface area contributed by atoms with E-state index >= 15 is 0 Å². The molecule has 0 fully saturated rings. The summed E-state index contributed by atoms with van der Waals surface area (Å²) in [4.78, 5) is 20.0. The number of hydrogen-bond donors (Lipinski definition) is 2.